The van der Waals surface area contributed by atoms with E-state index in [1.165, 1.54) is 9.75 Å². The zero-order valence-corrected chi connectivity index (χ0v) is 14.1. The summed E-state index contributed by atoms with van der Waals surface area (Å²) in [4.78, 5) is 2.67. The van der Waals surface area contributed by atoms with Gasteiger partial charge in [0.15, 0.2) is 0 Å². The number of aromatic amines is 2. The molecule has 0 aliphatic heterocycles. The molecule has 0 spiro atoms. The van der Waals surface area contributed by atoms with Crippen molar-refractivity contribution in [1.82, 2.24) is 30.8 Å². The molecule has 4 heterocycles. The normalized spacial score (nSPS) is 15.5. The fraction of sp³-hybridized carbons (Fsp3) is 0.125. The van der Waals surface area contributed by atoms with Gasteiger partial charge in [0.25, 0.3) is 0 Å². The average Bonchev–Trinajstić information content (AvgIpc) is 3.43. The highest BCUT2D eigenvalue weighted by molar-refractivity contribution is 7.11. The summed E-state index contributed by atoms with van der Waals surface area (Å²) in [5.41, 5.74) is 2.78. The van der Waals surface area contributed by atoms with Crippen LogP contribution in [0.5, 0.6) is 0 Å². The third-order valence-electron chi connectivity index (χ3n) is 4.36. The van der Waals surface area contributed by atoms with Gasteiger partial charge in [-0.3, -0.25) is 5.10 Å². The van der Waals surface area contributed by atoms with Gasteiger partial charge in [-0.15, -0.1) is 27.8 Å². The smallest absolute Gasteiger partial charge is 0.200 e. The molecule has 0 bridgehead atoms. The van der Waals surface area contributed by atoms with Crippen molar-refractivity contribution in [3.8, 4) is 11.5 Å². The quantitative estimate of drug-likeness (QED) is 0.593. The van der Waals surface area contributed by atoms with Gasteiger partial charge in [-0.1, -0.05) is 24.3 Å². The van der Waals surface area contributed by atoms with Gasteiger partial charge >= 0.3 is 0 Å². The molecule has 0 saturated heterocycles. The summed E-state index contributed by atoms with van der Waals surface area (Å²) in [6, 6.07) is 8.63. The molecule has 0 aromatic carbocycles. The van der Waals surface area contributed by atoms with Gasteiger partial charge in [0.2, 0.25) is 5.82 Å². The van der Waals surface area contributed by atoms with Crippen molar-refractivity contribution in [2.24, 2.45) is 0 Å². The molecule has 2 N–H and O–H groups in total. The van der Waals surface area contributed by atoms with E-state index in [0.29, 0.717) is 5.82 Å². The fourth-order valence-electron chi connectivity index (χ4n) is 3.23. The monoisotopic (exact) mass is 352 g/mol. The number of rotatable bonds is 3. The van der Waals surface area contributed by atoms with Crippen molar-refractivity contribution in [2.75, 3.05) is 0 Å². The minimum absolute atomic E-state index is 0.140. The highest BCUT2D eigenvalue weighted by Gasteiger charge is 2.38. The lowest BCUT2D eigenvalue weighted by Crippen LogP contribution is -2.28. The van der Waals surface area contributed by atoms with E-state index in [9.17, 15) is 0 Å². The Morgan fingerprint density at radius 1 is 1.04 bits per heavy atom. The molecule has 0 saturated carbocycles. The van der Waals surface area contributed by atoms with Crippen LogP contribution in [0.15, 0.2) is 41.1 Å². The Morgan fingerprint density at radius 3 is 2.46 bits per heavy atom. The second kappa shape index (κ2) is 5.22. The molecule has 0 unspecified atom stereocenters. The van der Waals surface area contributed by atoms with E-state index in [1.807, 2.05) is 0 Å². The van der Waals surface area contributed by atoms with Crippen LogP contribution in [-0.4, -0.2) is 30.8 Å². The van der Waals surface area contributed by atoms with Crippen LogP contribution < -0.4 is 0 Å². The molecule has 0 amide bonds. The maximum Gasteiger partial charge on any atom is 0.200 e. The number of nitrogens with one attached hydrogen (secondary N) is 2. The van der Waals surface area contributed by atoms with Crippen LogP contribution in [0, 0.1) is 0 Å². The molecule has 6 nitrogen and oxygen atoms in total. The molecule has 24 heavy (non-hydrogen) atoms. The fourth-order valence-corrected chi connectivity index (χ4v) is 5.14. The summed E-state index contributed by atoms with van der Waals surface area (Å²) in [5, 5.41) is 25.9. The maximum absolute atomic E-state index is 4.43. The predicted octanol–water partition coefficient (Wildman–Crippen LogP) is 3.27. The molecule has 0 fully saturated rings. The van der Waals surface area contributed by atoms with Crippen molar-refractivity contribution >= 4 is 28.7 Å². The number of H-pyrrole nitrogens is 2. The van der Waals surface area contributed by atoms with Gasteiger partial charge < -0.3 is 0 Å². The van der Waals surface area contributed by atoms with Gasteiger partial charge in [0.05, 0.1) is 5.41 Å². The third-order valence-corrected chi connectivity index (χ3v) is 6.46. The van der Waals surface area contributed by atoms with Crippen LogP contribution in [-0.2, 0) is 11.8 Å². The Hall–Kier alpha value is -2.58. The molecule has 1 aliphatic carbocycles. The van der Waals surface area contributed by atoms with E-state index >= 15 is 0 Å². The number of allylic oxidation sites excluding steroid dienone is 1. The number of nitrogens with zero attached hydrogens (tertiary/aromatic N) is 4. The first-order valence-electron chi connectivity index (χ1n) is 7.45. The lowest BCUT2D eigenvalue weighted by atomic mass is 9.76. The van der Waals surface area contributed by atoms with Gasteiger partial charge in [-0.05, 0) is 33.3 Å². The highest BCUT2D eigenvalue weighted by Crippen LogP contribution is 2.45. The zero-order valence-electron chi connectivity index (χ0n) is 12.4. The minimum atomic E-state index is -0.140. The summed E-state index contributed by atoms with van der Waals surface area (Å²) in [7, 11) is 0. The molecule has 118 valence electrons. The second-order valence-corrected chi connectivity index (χ2v) is 7.55. The van der Waals surface area contributed by atoms with Crippen LogP contribution in [0.25, 0.3) is 17.6 Å². The summed E-state index contributed by atoms with van der Waals surface area (Å²) >= 11 is 3.58. The molecule has 0 atom stereocenters. The first kappa shape index (κ1) is 13.8. The predicted molar refractivity (Wildman–Crippen MR) is 93.9 cm³/mol. The van der Waals surface area contributed by atoms with E-state index in [0.717, 1.165) is 23.4 Å². The number of aromatic nitrogens is 6. The Bertz CT molecular complexity index is 946. The van der Waals surface area contributed by atoms with E-state index in [1.54, 1.807) is 22.7 Å². The lowest BCUT2D eigenvalue weighted by Gasteiger charge is -2.31. The van der Waals surface area contributed by atoms with Gasteiger partial charge in [-0.25, -0.2) is 5.10 Å². The van der Waals surface area contributed by atoms with E-state index in [2.05, 4.69) is 78.0 Å². The van der Waals surface area contributed by atoms with Crippen LogP contribution in [0.3, 0.4) is 0 Å². The summed E-state index contributed by atoms with van der Waals surface area (Å²) in [5.74, 6) is 0.580. The molecule has 1 aliphatic rings. The molecule has 4 aromatic rings. The van der Waals surface area contributed by atoms with Gasteiger partial charge in [0, 0.05) is 27.4 Å². The Labute approximate surface area is 145 Å². The largest absolute Gasteiger partial charge is 0.281 e. The van der Waals surface area contributed by atoms with Crippen LogP contribution in [0.1, 0.15) is 21.0 Å². The molecule has 5 rings (SSSR count). The van der Waals surface area contributed by atoms with Gasteiger partial charge in [0.1, 0.15) is 5.69 Å². The number of hydrogen-bond donors (Lipinski definition) is 2. The second-order valence-electron chi connectivity index (χ2n) is 5.65. The van der Waals surface area contributed by atoms with Crippen LogP contribution in [0.2, 0.25) is 0 Å². The summed E-state index contributed by atoms with van der Waals surface area (Å²) in [6.45, 7) is 0. The summed E-state index contributed by atoms with van der Waals surface area (Å²) < 4.78 is 0. The van der Waals surface area contributed by atoms with Crippen molar-refractivity contribution < 1.29 is 0 Å². The van der Waals surface area contributed by atoms with E-state index < -0.39 is 0 Å². The minimum Gasteiger partial charge on any atom is -0.281 e. The zero-order chi connectivity index (χ0) is 16.0. The SMILES string of the molecule is C1=CC(c2cccs2)(c2cccs2)Cc2[nH]nc(-c3nnn[nH]3)c21. The molecular weight excluding hydrogens is 340 g/mol. The number of thiophene rings is 2. The van der Waals surface area contributed by atoms with Crippen LogP contribution in [0.4, 0.5) is 0 Å². The lowest BCUT2D eigenvalue weighted by molar-refractivity contribution is 0.645. The molecule has 4 aromatic heterocycles. The molecule has 0 radical (unpaired) electrons. The third kappa shape index (κ3) is 1.93. The maximum atomic E-state index is 4.43. The number of fused-ring (bicyclic) bond motifs is 1. The van der Waals surface area contributed by atoms with Crippen molar-refractivity contribution in [3.63, 3.8) is 0 Å². The Morgan fingerprint density at radius 2 is 1.83 bits per heavy atom. The van der Waals surface area contributed by atoms with E-state index in [-0.39, 0.29) is 5.41 Å². The first-order valence-corrected chi connectivity index (χ1v) is 9.21. The topological polar surface area (TPSA) is 83.1 Å². The Kier molecular flexibility index (Phi) is 3.00. The molecule has 8 heteroatoms. The van der Waals surface area contributed by atoms with Crippen molar-refractivity contribution in [1.29, 1.82) is 0 Å². The average molecular weight is 352 g/mol. The van der Waals surface area contributed by atoms with Gasteiger partial charge in [-0.2, -0.15) is 5.10 Å². The van der Waals surface area contributed by atoms with E-state index in [4.69, 9.17) is 0 Å². The van der Waals surface area contributed by atoms with Crippen LogP contribution >= 0.6 is 22.7 Å². The Balaban J connectivity index is 1.66. The van der Waals surface area contributed by atoms with Crippen molar-refractivity contribution in [3.05, 3.63) is 62.1 Å². The van der Waals surface area contributed by atoms with Crippen molar-refractivity contribution in [2.45, 2.75) is 11.8 Å². The standard InChI is InChI=1S/C16H12N6S2/c1-3-12(23-7-1)16(13-4-2-8-24-13)6-5-10-11(9-16)17-18-14(10)15-19-21-22-20-15/h1-8H,9H2,(H,17,18)(H,19,20,21,22). The number of tetrazole rings is 1. The highest BCUT2D eigenvalue weighted by atomic mass is 32.1. The first-order chi connectivity index (χ1) is 11.9. The molecular formula is C16H12N6S2. The number of hydrogen-bond acceptors (Lipinski definition) is 6. The summed E-state index contributed by atoms with van der Waals surface area (Å²) in [6.07, 6.45) is 5.27.